The van der Waals surface area contributed by atoms with Crippen LogP contribution in [-0.4, -0.2) is 0 Å². The minimum Gasteiger partial charge on any atom is -0.130 e. The van der Waals surface area contributed by atoms with Crippen LogP contribution in [0.25, 0.3) is 10.1 Å². The number of hydrogen-bond donors (Lipinski definition) is 1. The monoisotopic (exact) mass is 150 g/mol. The third kappa shape index (κ3) is 0.735. The van der Waals surface area contributed by atoms with E-state index in [0.717, 1.165) is 0 Å². The number of nitrogen functional groups attached to an aromatic ring is 1. The van der Waals surface area contributed by atoms with Crippen LogP contribution in [0.2, 0.25) is 0 Å². The van der Waals surface area contributed by atoms with Gasteiger partial charge in [0.15, 0.2) is 5.38 Å². The fraction of sp³-hybridized carbons (Fsp3) is 0. The molecular formula is C8H8NS+. The zero-order valence-electron chi connectivity index (χ0n) is 5.45. The van der Waals surface area contributed by atoms with Crippen LogP contribution in [0.15, 0.2) is 35.7 Å². The highest BCUT2D eigenvalue weighted by atomic mass is 32.2. The van der Waals surface area contributed by atoms with Crippen LogP contribution in [-0.2, 0) is 0 Å². The summed E-state index contributed by atoms with van der Waals surface area (Å²) in [6.07, 6.45) is 0. The molecule has 0 radical (unpaired) electrons. The summed E-state index contributed by atoms with van der Waals surface area (Å²) in [4.78, 5) is 0. The first-order chi connectivity index (χ1) is 4.88. The second-order valence-electron chi connectivity index (χ2n) is 2.21. The summed E-state index contributed by atoms with van der Waals surface area (Å²) in [5, 5.41) is 9.11. The lowest BCUT2D eigenvalue weighted by Crippen LogP contribution is -1.74. The van der Waals surface area contributed by atoms with Crippen molar-refractivity contribution < 1.29 is 0 Å². The summed E-state index contributed by atoms with van der Waals surface area (Å²) in [5.41, 5.74) is 0. The third-order valence-electron chi connectivity index (χ3n) is 1.57. The zero-order valence-corrected chi connectivity index (χ0v) is 6.27. The van der Waals surface area contributed by atoms with E-state index in [1.165, 1.54) is 10.1 Å². The van der Waals surface area contributed by atoms with Crippen LogP contribution in [0.5, 0.6) is 0 Å². The molecule has 2 rings (SSSR count). The number of nitrogens with two attached hydrogens (primary N) is 1. The van der Waals surface area contributed by atoms with Crippen LogP contribution >= 0.6 is 10.7 Å². The molecule has 1 heterocycles. The van der Waals surface area contributed by atoms with Crippen molar-refractivity contribution in [2.75, 3.05) is 5.14 Å². The molecule has 2 heteroatoms. The van der Waals surface area contributed by atoms with Gasteiger partial charge in [-0.15, -0.1) is 5.14 Å². The van der Waals surface area contributed by atoms with Gasteiger partial charge in [-0.25, -0.2) is 0 Å². The molecule has 0 amide bonds. The van der Waals surface area contributed by atoms with Crippen molar-refractivity contribution >= 4 is 20.7 Å². The van der Waals surface area contributed by atoms with Gasteiger partial charge in [-0.3, -0.25) is 0 Å². The smallest absolute Gasteiger partial charge is 0.130 e. The van der Waals surface area contributed by atoms with E-state index in [1.807, 2.05) is 17.5 Å². The van der Waals surface area contributed by atoms with E-state index in [-0.39, 0.29) is 10.7 Å². The fourth-order valence-electron chi connectivity index (χ4n) is 1.05. The summed E-state index contributed by atoms with van der Waals surface area (Å²) < 4.78 is 1.27. The van der Waals surface area contributed by atoms with E-state index in [1.54, 1.807) is 0 Å². The average molecular weight is 150 g/mol. The Morgan fingerprint density at radius 3 is 2.70 bits per heavy atom. The molecule has 0 saturated heterocycles. The molecule has 0 aliphatic rings. The van der Waals surface area contributed by atoms with E-state index in [2.05, 4.69) is 18.2 Å². The lowest BCUT2D eigenvalue weighted by atomic mass is 10.3. The van der Waals surface area contributed by atoms with Crippen LogP contribution in [0.1, 0.15) is 0 Å². The lowest BCUT2D eigenvalue weighted by molar-refractivity contribution is 1.86. The Labute approximate surface area is 62.2 Å². The van der Waals surface area contributed by atoms with Crippen LogP contribution in [0.4, 0.5) is 0 Å². The Bertz CT molecular complexity index is 351. The second kappa shape index (κ2) is 2.08. The summed E-state index contributed by atoms with van der Waals surface area (Å²) in [6, 6.07) is 10.3. The summed E-state index contributed by atoms with van der Waals surface area (Å²) in [7, 11) is -0.128. The van der Waals surface area contributed by atoms with E-state index in [9.17, 15) is 0 Å². The molecule has 2 N–H and O–H groups in total. The topological polar surface area (TPSA) is 26.0 Å². The molecule has 1 aromatic heterocycles. The van der Waals surface area contributed by atoms with Gasteiger partial charge in [0.1, 0.15) is 0 Å². The van der Waals surface area contributed by atoms with Gasteiger partial charge in [0.05, 0.1) is 10.7 Å². The van der Waals surface area contributed by atoms with Crippen molar-refractivity contribution in [3.05, 3.63) is 35.7 Å². The predicted molar refractivity (Wildman–Crippen MR) is 46.6 cm³/mol. The van der Waals surface area contributed by atoms with Gasteiger partial charge in [0.25, 0.3) is 0 Å². The molecule has 0 saturated carbocycles. The van der Waals surface area contributed by atoms with E-state index in [0.29, 0.717) is 0 Å². The highest BCUT2D eigenvalue weighted by molar-refractivity contribution is 7.35. The SMILES string of the molecule is N[s+]1ccc2ccccc21. The van der Waals surface area contributed by atoms with Gasteiger partial charge in [0.2, 0.25) is 4.70 Å². The molecule has 50 valence electrons. The van der Waals surface area contributed by atoms with Crippen LogP contribution in [0.3, 0.4) is 0 Å². The maximum absolute atomic E-state index is 5.79. The zero-order chi connectivity index (χ0) is 6.97. The van der Waals surface area contributed by atoms with Crippen molar-refractivity contribution in [2.24, 2.45) is 0 Å². The first-order valence-corrected chi connectivity index (χ1v) is 4.48. The Balaban J connectivity index is 2.93. The Hall–Kier alpha value is -0.860. The van der Waals surface area contributed by atoms with Crippen molar-refractivity contribution in [3.63, 3.8) is 0 Å². The van der Waals surface area contributed by atoms with Gasteiger partial charge in [-0.05, 0) is 6.07 Å². The number of benzene rings is 1. The third-order valence-corrected chi connectivity index (χ3v) is 2.88. The molecule has 1 unspecified atom stereocenters. The Kier molecular flexibility index (Phi) is 1.22. The maximum atomic E-state index is 5.79. The first-order valence-electron chi connectivity index (χ1n) is 3.12. The maximum Gasteiger partial charge on any atom is 0.201 e. The molecule has 2 aromatic rings. The van der Waals surface area contributed by atoms with Crippen molar-refractivity contribution in [1.29, 1.82) is 0 Å². The lowest BCUT2D eigenvalue weighted by Gasteiger charge is -1.79. The highest BCUT2D eigenvalue weighted by Gasteiger charge is 2.04. The Morgan fingerprint density at radius 1 is 1.10 bits per heavy atom. The van der Waals surface area contributed by atoms with Crippen LogP contribution in [0, 0.1) is 0 Å². The number of rotatable bonds is 0. The van der Waals surface area contributed by atoms with Crippen molar-refractivity contribution in [2.45, 2.75) is 0 Å². The first kappa shape index (κ1) is 5.89. The van der Waals surface area contributed by atoms with Gasteiger partial charge >= 0.3 is 0 Å². The molecule has 0 spiro atoms. The second-order valence-corrected chi connectivity index (χ2v) is 3.67. The quantitative estimate of drug-likeness (QED) is 0.573. The number of fused-ring (bicyclic) bond motifs is 1. The van der Waals surface area contributed by atoms with E-state index < -0.39 is 0 Å². The molecule has 1 nitrogen and oxygen atoms in total. The van der Waals surface area contributed by atoms with Crippen molar-refractivity contribution in [3.8, 4) is 0 Å². The van der Waals surface area contributed by atoms with Crippen molar-refractivity contribution in [1.82, 2.24) is 0 Å². The van der Waals surface area contributed by atoms with Gasteiger partial charge < -0.3 is 0 Å². The molecule has 0 bridgehead atoms. The normalized spacial score (nSPS) is 12.3. The predicted octanol–water partition coefficient (Wildman–Crippen LogP) is 2.30. The average Bonchev–Trinajstić information content (AvgIpc) is 2.34. The summed E-state index contributed by atoms with van der Waals surface area (Å²) in [5.74, 6) is 0. The number of thiophene rings is 1. The van der Waals surface area contributed by atoms with Gasteiger partial charge in [-0.2, -0.15) is 0 Å². The van der Waals surface area contributed by atoms with E-state index >= 15 is 0 Å². The molecule has 1 aromatic carbocycles. The molecule has 10 heavy (non-hydrogen) atoms. The minimum absolute atomic E-state index is 0.128. The molecule has 0 fully saturated rings. The minimum atomic E-state index is -0.128. The number of hydrogen-bond acceptors (Lipinski definition) is 1. The summed E-state index contributed by atoms with van der Waals surface area (Å²) in [6.45, 7) is 0. The standard InChI is InChI=1S/C8H8NS/c9-10-6-5-7-3-1-2-4-8(7)10/h1-6H,9H2/q+1. The molecule has 0 aliphatic carbocycles. The highest BCUT2D eigenvalue weighted by Crippen LogP contribution is 2.25. The molecular weight excluding hydrogens is 142 g/mol. The van der Waals surface area contributed by atoms with Crippen LogP contribution < -0.4 is 5.14 Å². The molecule has 0 aliphatic heterocycles. The molecule has 1 atom stereocenters. The van der Waals surface area contributed by atoms with Gasteiger partial charge in [-0.1, -0.05) is 12.1 Å². The fourth-order valence-corrected chi connectivity index (χ4v) is 2.14. The van der Waals surface area contributed by atoms with Gasteiger partial charge in [0, 0.05) is 17.5 Å². The Morgan fingerprint density at radius 2 is 1.90 bits per heavy atom. The largest absolute Gasteiger partial charge is 0.201 e. The van der Waals surface area contributed by atoms with E-state index in [4.69, 9.17) is 5.14 Å². The summed E-state index contributed by atoms with van der Waals surface area (Å²) >= 11 is 0.